The summed E-state index contributed by atoms with van der Waals surface area (Å²) in [6.45, 7) is 1.76. The van der Waals surface area contributed by atoms with E-state index in [1.807, 2.05) is 7.05 Å². The van der Waals surface area contributed by atoms with E-state index in [4.69, 9.17) is 15.2 Å². The molecule has 1 amide bonds. The van der Waals surface area contributed by atoms with Crippen LogP contribution in [0.15, 0.2) is 24.3 Å². The van der Waals surface area contributed by atoms with Crippen molar-refractivity contribution in [2.45, 2.75) is 18.9 Å². The van der Waals surface area contributed by atoms with Crippen molar-refractivity contribution in [1.82, 2.24) is 4.90 Å². The van der Waals surface area contributed by atoms with Crippen molar-refractivity contribution >= 4 is 11.6 Å². The first kappa shape index (κ1) is 13.7. The van der Waals surface area contributed by atoms with Crippen molar-refractivity contribution in [3.63, 3.8) is 0 Å². The van der Waals surface area contributed by atoms with E-state index in [0.29, 0.717) is 25.3 Å². The molecule has 0 spiro atoms. The lowest BCUT2D eigenvalue weighted by atomic mass is 10.2. The summed E-state index contributed by atoms with van der Waals surface area (Å²) in [7, 11) is 1.82. The third kappa shape index (κ3) is 3.86. The van der Waals surface area contributed by atoms with Gasteiger partial charge in [0.2, 0.25) is 5.91 Å². The van der Waals surface area contributed by atoms with Gasteiger partial charge in [0.1, 0.15) is 5.75 Å². The van der Waals surface area contributed by atoms with Crippen molar-refractivity contribution in [1.29, 1.82) is 0 Å². The second-order valence-electron chi connectivity index (χ2n) is 4.69. The maximum atomic E-state index is 11.9. The maximum Gasteiger partial charge on any atom is 0.226 e. The third-order valence-corrected chi connectivity index (χ3v) is 3.31. The lowest BCUT2D eigenvalue weighted by Crippen LogP contribution is -2.37. The third-order valence-electron chi connectivity index (χ3n) is 3.31. The van der Waals surface area contributed by atoms with Crippen LogP contribution in [-0.2, 0) is 9.53 Å². The van der Waals surface area contributed by atoms with E-state index in [-0.39, 0.29) is 11.9 Å². The van der Waals surface area contributed by atoms with Crippen LogP contribution in [0.2, 0.25) is 0 Å². The zero-order valence-electron chi connectivity index (χ0n) is 11.2. The van der Waals surface area contributed by atoms with Gasteiger partial charge in [0.05, 0.1) is 25.7 Å². The fraction of sp³-hybridized carbons (Fsp3) is 0.500. The van der Waals surface area contributed by atoms with Crippen LogP contribution in [0.1, 0.15) is 12.8 Å². The lowest BCUT2D eigenvalue weighted by molar-refractivity contribution is -0.132. The first-order valence-corrected chi connectivity index (χ1v) is 6.48. The number of carbonyl (C=O) groups is 1. The smallest absolute Gasteiger partial charge is 0.226 e. The van der Waals surface area contributed by atoms with Crippen LogP contribution in [0.25, 0.3) is 0 Å². The number of nitrogens with two attached hydrogens (primary N) is 1. The Kier molecular flexibility index (Phi) is 4.63. The molecule has 1 unspecified atom stereocenters. The summed E-state index contributed by atoms with van der Waals surface area (Å²) in [6, 6.07) is 7.37. The predicted octanol–water partition coefficient (Wildman–Crippen LogP) is 1.29. The molecule has 1 saturated heterocycles. The molecule has 1 aromatic carbocycles. The molecule has 2 N–H and O–H groups in total. The molecule has 5 nitrogen and oxygen atoms in total. The number of hydrogen-bond acceptors (Lipinski definition) is 4. The number of ether oxygens (including phenoxy) is 2. The predicted molar refractivity (Wildman–Crippen MR) is 73.0 cm³/mol. The number of carbonyl (C=O) groups excluding carboxylic acids is 1. The van der Waals surface area contributed by atoms with Crippen LogP contribution in [-0.4, -0.2) is 43.7 Å². The molecule has 0 aliphatic carbocycles. The average molecular weight is 264 g/mol. The summed E-state index contributed by atoms with van der Waals surface area (Å²) in [6.07, 6.45) is 1.29. The number of nitrogen functional groups attached to an aromatic ring is 1. The summed E-state index contributed by atoms with van der Waals surface area (Å²) < 4.78 is 10.8. The number of hydrogen-bond donors (Lipinski definition) is 1. The average Bonchev–Trinajstić information content (AvgIpc) is 2.94. The zero-order chi connectivity index (χ0) is 13.7. The molecule has 0 bridgehead atoms. The van der Waals surface area contributed by atoms with Crippen LogP contribution in [0.3, 0.4) is 0 Å². The molecular formula is C14H20N2O3. The minimum Gasteiger partial charge on any atom is -0.493 e. The molecule has 1 atom stereocenters. The molecule has 0 saturated carbocycles. The summed E-state index contributed by atoms with van der Waals surface area (Å²) in [5, 5.41) is 0. The number of nitrogens with zero attached hydrogens (tertiary/aromatic N) is 1. The number of anilines is 1. The highest BCUT2D eigenvalue weighted by Crippen LogP contribution is 2.14. The van der Waals surface area contributed by atoms with Gasteiger partial charge >= 0.3 is 0 Å². The minimum atomic E-state index is 0.0888. The minimum absolute atomic E-state index is 0.0888. The Morgan fingerprint density at radius 1 is 1.47 bits per heavy atom. The number of likely N-dealkylation sites (N-methyl/N-ethyl adjacent to an activating group) is 1. The van der Waals surface area contributed by atoms with E-state index >= 15 is 0 Å². The molecule has 5 heteroatoms. The highest BCUT2D eigenvalue weighted by molar-refractivity contribution is 5.76. The molecule has 0 radical (unpaired) electrons. The largest absolute Gasteiger partial charge is 0.493 e. The normalized spacial score (nSPS) is 18.3. The van der Waals surface area contributed by atoms with Gasteiger partial charge in [-0.1, -0.05) is 0 Å². The molecule has 1 fully saturated rings. The summed E-state index contributed by atoms with van der Waals surface area (Å²) >= 11 is 0. The van der Waals surface area contributed by atoms with Gasteiger partial charge in [0, 0.05) is 19.3 Å². The molecule has 19 heavy (non-hydrogen) atoms. The first-order valence-electron chi connectivity index (χ1n) is 6.48. The Bertz CT molecular complexity index is 413. The number of rotatable bonds is 5. The monoisotopic (exact) mass is 264 g/mol. The van der Waals surface area contributed by atoms with Crippen LogP contribution >= 0.6 is 0 Å². The molecule has 1 heterocycles. The maximum absolute atomic E-state index is 11.9. The van der Waals surface area contributed by atoms with Gasteiger partial charge in [-0.05, 0) is 30.7 Å². The molecule has 1 aromatic rings. The van der Waals surface area contributed by atoms with Crippen molar-refractivity contribution in [2.75, 3.05) is 32.6 Å². The summed E-state index contributed by atoms with van der Waals surface area (Å²) in [4.78, 5) is 13.7. The van der Waals surface area contributed by atoms with E-state index in [1.54, 1.807) is 29.2 Å². The number of benzene rings is 1. The van der Waals surface area contributed by atoms with Gasteiger partial charge in [0.25, 0.3) is 0 Å². The van der Waals surface area contributed by atoms with Gasteiger partial charge in [-0.3, -0.25) is 4.79 Å². The van der Waals surface area contributed by atoms with Crippen LogP contribution in [0.5, 0.6) is 5.75 Å². The molecular weight excluding hydrogens is 244 g/mol. The lowest BCUT2D eigenvalue weighted by Gasteiger charge is -2.23. The highest BCUT2D eigenvalue weighted by Gasteiger charge is 2.23. The van der Waals surface area contributed by atoms with E-state index in [2.05, 4.69) is 0 Å². The van der Waals surface area contributed by atoms with E-state index < -0.39 is 0 Å². The summed E-state index contributed by atoms with van der Waals surface area (Å²) in [5.41, 5.74) is 6.28. The molecule has 1 aliphatic heterocycles. The highest BCUT2D eigenvalue weighted by atomic mass is 16.5. The fourth-order valence-corrected chi connectivity index (χ4v) is 2.03. The van der Waals surface area contributed by atoms with Crippen molar-refractivity contribution in [3.05, 3.63) is 24.3 Å². The fourth-order valence-electron chi connectivity index (χ4n) is 2.03. The summed E-state index contributed by atoms with van der Waals surface area (Å²) in [5.74, 6) is 0.819. The van der Waals surface area contributed by atoms with Crippen molar-refractivity contribution in [3.8, 4) is 5.75 Å². The molecule has 104 valence electrons. The Balaban J connectivity index is 1.72. The molecule has 1 aliphatic rings. The SMILES string of the molecule is CN(C(=O)CCOc1ccc(N)cc1)C1CCOC1. The molecule has 0 aromatic heterocycles. The van der Waals surface area contributed by atoms with Crippen molar-refractivity contribution < 1.29 is 14.3 Å². The van der Waals surface area contributed by atoms with Gasteiger partial charge in [-0.2, -0.15) is 0 Å². The van der Waals surface area contributed by atoms with Gasteiger partial charge in [-0.15, -0.1) is 0 Å². The standard InChI is InChI=1S/C14H20N2O3/c1-16(12-6-8-18-10-12)14(17)7-9-19-13-4-2-11(15)3-5-13/h2-5,12H,6-10,15H2,1H3. The Hall–Kier alpha value is -1.75. The van der Waals surface area contributed by atoms with Gasteiger partial charge in [-0.25, -0.2) is 0 Å². The Labute approximate surface area is 113 Å². The van der Waals surface area contributed by atoms with Crippen LogP contribution in [0.4, 0.5) is 5.69 Å². The van der Waals surface area contributed by atoms with E-state index in [1.165, 1.54) is 0 Å². The quantitative estimate of drug-likeness (QED) is 0.814. The topological polar surface area (TPSA) is 64.8 Å². The van der Waals surface area contributed by atoms with Crippen LogP contribution in [0, 0.1) is 0 Å². The van der Waals surface area contributed by atoms with E-state index in [0.717, 1.165) is 18.8 Å². The Morgan fingerprint density at radius 2 is 2.21 bits per heavy atom. The number of amides is 1. The van der Waals surface area contributed by atoms with E-state index in [9.17, 15) is 4.79 Å². The van der Waals surface area contributed by atoms with Crippen molar-refractivity contribution in [2.24, 2.45) is 0 Å². The second-order valence-corrected chi connectivity index (χ2v) is 4.69. The van der Waals surface area contributed by atoms with Gasteiger partial charge < -0.3 is 20.1 Å². The Morgan fingerprint density at radius 3 is 2.84 bits per heavy atom. The first-order chi connectivity index (χ1) is 9.16. The van der Waals surface area contributed by atoms with Crippen LogP contribution < -0.4 is 10.5 Å². The zero-order valence-corrected chi connectivity index (χ0v) is 11.2. The second kappa shape index (κ2) is 6.43. The molecule has 2 rings (SSSR count). The van der Waals surface area contributed by atoms with Gasteiger partial charge in [0.15, 0.2) is 0 Å².